The standard InChI is InChI=1S/C9H14N6O2.ClH/c1-13-6-5(7(16)14(2)9(13)17)15(4-3-10)8(11)12-6;/h3-4,10H2,1-2H3,(H2,11,12);1H. The van der Waals surface area contributed by atoms with Gasteiger partial charge in [0.1, 0.15) is 0 Å². The van der Waals surface area contributed by atoms with Crippen LogP contribution in [-0.2, 0) is 20.6 Å². The van der Waals surface area contributed by atoms with Crippen LogP contribution >= 0.6 is 12.4 Å². The third kappa shape index (κ3) is 1.79. The Hall–Kier alpha value is -1.80. The van der Waals surface area contributed by atoms with Crippen molar-refractivity contribution in [3.8, 4) is 0 Å². The first-order valence-corrected chi connectivity index (χ1v) is 5.10. The molecule has 2 heterocycles. The van der Waals surface area contributed by atoms with E-state index in [-0.39, 0.29) is 24.0 Å². The zero-order valence-corrected chi connectivity index (χ0v) is 10.9. The van der Waals surface area contributed by atoms with Crippen LogP contribution in [0.4, 0.5) is 5.95 Å². The van der Waals surface area contributed by atoms with E-state index in [2.05, 4.69) is 4.98 Å². The van der Waals surface area contributed by atoms with Gasteiger partial charge in [0.05, 0.1) is 0 Å². The molecule has 0 saturated heterocycles. The summed E-state index contributed by atoms with van der Waals surface area (Å²) in [7, 11) is 2.96. The van der Waals surface area contributed by atoms with Crippen LogP contribution in [0, 0.1) is 0 Å². The maximum absolute atomic E-state index is 12.0. The molecule has 0 unspecified atom stereocenters. The van der Waals surface area contributed by atoms with Gasteiger partial charge in [-0.15, -0.1) is 12.4 Å². The van der Waals surface area contributed by atoms with Crippen molar-refractivity contribution >= 4 is 29.5 Å². The molecule has 0 aromatic carbocycles. The summed E-state index contributed by atoms with van der Waals surface area (Å²) in [5.41, 5.74) is 10.9. The van der Waals surface area contributed by atoms with Gasteiger partial charge in [-0.05, 0) is 0 Å². The number of nitrogens with zero attached hydrogens (tertiary/aromatic N) is 4. The number of aryl methyl sites for hydroxylation is 1. The summed E-state index contributed by atoms with van der Waals surface area (Å²) in [5, 5.41) is 0. The molecule has 0 aliphatic heterocycles. The number of nitrogens with two attached hydrogens (primary N) is 2. The maximum Gasteiger partial charge on any atom is 0.332 e. The monoisotopic (exact) mass is 274 g/mol. The van der Waals surface area contributed by atoms with Crippen LogP contribution in [0.25, 0.3) is 11.2 Å². The van der Waals surface area contributed by atoms with Crippen molar-refractivity contribution in [3.05, 3.63) is 20.8 Å². The second-order valence-corrected chi connectivity index (χ2v) is 3.79. The largest absolute Gasteiger partial charge is 0.369 e. The van der Waals surface area contributed by atoms with Gasteiger partial charge in [-0.3, -0.25) is 13.9 Å². The second kappa shape index (κ2) is 4.83. The Morgan fingerprint density at radius 3 is 2.39 bits per heavy atom. The summed E-state index contributed by atoms with van der Waals surface area (Å²) >= 11 is 0. The zero-order valence-electron chi connectivity index (χ0n) is 10.1. The maximum atomic E-state index is 12.0. The highest BCUT2D eigenvalue weighted by atomic mass is 35.5. The van der Waals surface area contributed by atoms with Crippen LogP contribution in [0.5, 0.6) is 0 Å². The van der Waals surface area contributed by atoms with Gasteiger partial charge in [-0.2, -0.15) is 4.98 Å². The Morgan fingerprint density at radius 2 is 1.83 bits per heavy atom. The molecule has 0 spiro atoms. The fourth-order valence-corrected chi connectivity index (χ4v) is 1.82. The smallest absolute Gasteiger partial charge is 0.332 e. The first-order valence-electron chi connectivity index (χ1n) is 5.10. The lowest BCUT2D eigenvalue weighted by atomic mass is 10.5. The van der Waals surface area contributed by atoms with Crippen LogP contribution in [0.3, 0.4) is 0 Å². The van der Waals surface area contributed by atoms with E-state index in [0.29, 0.717) is 18.6 Å². The number of anilines is 1. The second-order valence-electron chi connectivity index (χ2n) is 3.79. The Balaban J connectivity index is 0.00000162. The lowest BCUT2D eigenvalue weighted by Crippen LogP contribution is -2.37. The molecule has 0 saturated carbocycles. The Kier molecular flexibility index (Phi) is 3.82. The number of aromatic nitrogens is 4. The van der Waals surface area contributed by atoms with Gasteiger partial charge in [-0.25, -0.2) is 4.79 Å². The Bertz CT molecular complexity index is 698. The van der Waals surface area contributed by atoms with E-state index < -0.39 is 11.2 Å². The molecule has 2 aromatic heterocycles. The summed E-state index contributed by atoms with van der Waals surface area (Å²) in [6, 6.07) is 0. The molecule has 0 bridgehead atoms. The number of halogens is 1. The van der Waals surface area contributed by atoms with E-state index in [0.717, 1.165) is 4.57 Å². The van der Waals surface area contributed by atoms with E-state index in [4.69, 9.17) is 11.5 Å². The molecule has 2 rings (SSSR count). The molecule has 0 radical (unpaired) electrons. The van der Waals surface area contributed by atoms with Gasteiger partial charge in [-0.1, -0.05) is 0 Å². The molecule has 0 amide bonds. The Labute approximate surface area is 108 Å². The van der Waals surface area contributed by atoms with Crippen molar-refractivity contribution in [2.75, 3.05) is 12.3 Å². The molecule has 0 atom stereocenters. The fourth-order valence-electron chi connectivity index (χ4n) is 1.82. The summed E-state index contributed by atoms with van der Waals surface area (Å²) in [5.74, 6) is 0.184. The van der Waals surface area contributed by atoms with Crippen molar-refractivity contribution < 1.29 is 0 Å². The number of imidazole rings is 1. The normalized spacial score (nSPS) is 10.6. The molecule has 0 aliphatic carbocycles. The first-order chi connectivity index (χ1) is 7.99. The van der Waals surface area contributed by atoms with Gasteiger partial charge < -0.3 is 16.0 Å². The number of fused-ring (bicyclic) bond motifs is 1. The minimum atomic E-state index is -0.431. The van der Waals surface area contributed by atoms with Crippen molar-refractivity contribution in [3.63, 3.8) is 0 Å². The van der Waals surface area contributed by atoms with Gasteiger partial charge in [0, 0.05) is 27.2 Å². The molecule has 9 heteroatoms. The summed E-state index contributed by atoms with van der Waals surface area (Å²) in [6.45, 7) is 0.720. The average molecular weight is 275 g/mol. The summed E-state index contributed by atoms with van der Waals surface area (Å²) < 4.78 is 3.84. The predicted octanol–water partition coefficient (Wildman–Crippen LogP) is -1.60. The van der Waals surface area contributed by atoms with Crippen molar-refractivity contribution in [1.29, 1.82) is 0 Å². The van der Waals surface area contributed by atoms with Crippen LogP contribution in [-0.4, -0.2) is 25.2 Å². The molecule has 8 nitrogen and oxygen atoms in total. The summed E-state index contributed by atoms with van der Waals surface area (Å²) in [4.78, 5) is 27.7. The Morgan fingerprint density at radius 1 is 1.22 bits per heavy atom. The first kappa shape index (κ1) is 14.3. The SMILES string of the molecule is Cl.Cn1c(=O)c2c(nc(N)n2CCN)n(C)c1=O. The highest BCUT2D eigenvalue weighted by molar-refractivity contribution is 5.85. The van der Waals surface area contributed by atoms with Gasteiger partial charge in [0.2, 0.25) is 5.95 Å². The fraction of sp³-hybridized carbons (Fsp3) is 0.444. The lowest BCUT2D eigenvalue weighted by Gasteiger charge is -2.05. The number of rotatable bonds is 2. The number of nitrogen functional groups attached to an aromatic ring is 1. The quantitative estimate of drug-likeness (QED) is 0.684. The highest BCUT2D eigenvalue weighted by Gasteiger charge is 2.16. The van der Waals surface area contributed by atoms with Crippen LogP contribution in [0.1, 0.15) is 0 Å². The van der Waals surface area contributed by atoms with Crippen LogP contribution in [0.2, 0.25) is 0 Å². The minimum absolute atomic E-state index is 0. The van der Waals surface area contributed by atoms with Crippen molar-refractivity contribution in [1.82, 2.24) is 18.7 Å². The lowest BCUT2D eigenvalue weighted by molar-refractivity contribution is 0.692. The third-order valence-corrected chi connectivity index (χ3v) is 2.73. The van der Waals surface area contributed by atoms with Crippen LogP contribution in [0.15, 0.2) is 9.59 Å². The number of hydrogen-bond acceptors (Lipinski definition) is 5. The molecule has 0 aliphatic rings. The molecule has 18 heavy (non-hydrogen) atoms. The zero-order chi connectivity index (χ0) is 12.7. The van der Waals surface area contributed by atoms with Gasteiger partial charge >= 0.3 is 5.69 Å². The number of hydrogen-bond donors (Lipinski definition) is 2. The van der Waals surface area contributed by atoms with Crippen molar-refractivity contribution in [2.45, 2.75) is 6.54 Å². The topological polar surface area (TPSA) is 114 Å². The van der Waals surface area contributed by atoms with E-state index >= 15 is 0 Å². The van der Waals surface area contributed by atoms with Gasteiger partial charge in [0.25, 0.3) is 5.56 Å². The van der Waals surface area contributed by atoms with E-state index in [9.17, 15) is 9.59 Å². The van der Waals surface area contributed by atoms with E-state index in [1.54, 1.807) is 7.05 Å². The summed E-state index contributed by atoms with van der Waals surface area (Å²) in [6.07, 6.45) is 0. The molecule has 0 fully saturated rings. The van der Waals surface area contributed by atoms with E-state index in [1.807, 2.05) is 0 Å². The van der Waals surface area contributed by atoms with Gasteiger partial charge in [0.15, 0.2) is 11.2 Å². The molecular formula is C9H15ClN6O2. The van der Waals surface area contributed by atoms with Crippen molar-refractivity contribution in [2.24, 2.45) is 19.8 Å². The molecular weight excluding hydrogens is 260 g/mol. The van der Waals surface area contributed by atoms with E-state index in [1.165, 1.54) is 16.2 Å². The van der Waals surface area contributed by atoms with Crippen LogP contribution < -0.4 is 22.7 Å². The third-order valence-electron chi connectivity index (χ3n) is 2.73. The molecule has 2 aromatic rings. The molecule has 100 valence electrons. The predicted molar refractivity (Wildman–Crippen MR) is 70.9 cm³/mol. The molecule has 4 N–H and O–H groups in total. The average Bonchev–Trinajstić information content (AvgIpc) is 2.62. The highest BCUT2D eigenvalue weighted by Crippen LogP contribution is 2.11. The minimum Gasteiger partial charge on any atom is -0.369 e.